The van der Waals surface area contributed by atoms with Crippen molar-refractivity contribution in [2.45, 2.75) is 43.9 Å². The summed E-state index contributed by atoms with van der Waals surface area (Å²) in [6, 6.07) is 5.87. The fourth-order valence-electron chi connectivity index (χ4n) is 3.09. The molecule has 1 saturated carbocycles. The van der Waals surface area contributed by atoms with Gasteiger partial charge in [-0.1, -0.05) is 19.3 Å². The fraction of sp³-hybridized carbons (Fsp3) is 0.556. The molecule has 1 aromatic rings. The maximum Gasteiger partial charge on any atom is 0.243 e. The van der Waals surface area contributed by atoms with Gasteiger partial charge in [-0.15, -0.1) is 0 Å². The molecule has 26 heavy (non-hydrogen) atoms. The van der Waals surface area contributed by atoms with Crippen molar-refractivity contribution in [2.24, 2.45) is 5.92 Å². The van der Waals surface area contributed by atoms with E-state index in [0.717, 1.165) is 17.1 Å². The van der Waals surface area contributed by atoms with Crippen molar-refractivity contribution < 1.29 is 18.0 Å². The van der Waals surface area contributed by atoms with Gasteiger partial charge in [-0.25, -0.2) is 8.42 Å². The minimum absolute atomic E-state index is 0.0779. The van der Waals surface area contributed by atoms with E-state index in [2.05, 4.69) is 10.6 Å². The van der Waals surface area contributed by atoms with E-state index in [1.807, 2.05) is 0 Å². The molecular weight excluding hydrogens is 354 g/mol. The highest BCUT2D eigenvalue weighted by atomic mass is 32.2. The Balaban J connectivity index is 1.90. The molecule has 2 N–H and O–H groups in total. The summed E-state index contributed by atoms with van der Waals surface area (Å²) < 4.78 is 26.2. The minimum Gasteiger partial charge on any atom is -0.355 e. The predicted octanol–water partition coefficient (Wildman–Crippen LogP) is 1.96. The van der Waals surface area contributed by atoms with Crippen LogP contribution in [0.4, 0.5) is 5.69 Å². The zero-order valence-electron chi connectivity index (χ0n) is 15.3. The number of sulfonamides is 1. The summed E-state index contributed by atoms with van der Waals surface area (Å²) in [7, 11) is -2.38. The van der Waals surface area contributed by atoms with Crippen LogP contribution in [-0.4, -0.2) is 44.7 Å². The number of likely N-dealkylation sites (N-methyl/N-ethyl adjacent to an activating group) is 1. The van der Waals surface area contributed by atoms with Gasteiger partial charge in [-0.3, -0.25) is 9.59 Å². The summed E-state index contributed by atoms with van der Waals surface area (Å²) >= 11 is 0. The first-order chi connectivity index (χ1) is 12.3. The van der Waals surface area contributed by atoms with Crippen LogP contribution in [0, 0.1) is 5.92 Å². The Labute approximate surface area is 155 Å². The molecule has 1 aromatic carbocycles. The largest absolute Gasteiger partial charge is 0.355 e. The third kappa shape index (κ3) is 5.81. The number of benzene rings is 1. The van der Waals surface area contributed by atoms with Crippen molar-refractivity contribution >= 4 is 27.5 Å². The molecule has 2 rings (SSSR count). The Bertz CT molecular complexity index is 725. The Morgan fingerprint density at radius 3 is 2.31 bits per heavy atom. The maximum absolute atomic E-state index is 12.6. The molecule has 0 atom stereocenters. The molecule has 1 aliphatic carbocycles. The average Bonchev–Trinajstić information content (AvgIpc) is 2.61. The van der Waals surface area contributed by atoms with Gasteiger partial charge < -0.3 is 10.6 Å². The molecule has 7 nitrogen and oxygen atoms in total. The first kappa shape index (κ1) is 20.4. The predicted molar refractivity (Wildman–Crippen MR) is 100 cm³/mol. The Hall–Kier alpha value is -1.93. The van der Waals surface area contributed by atoms with Crippen LogP contribution in [-0.2, 0) is 19.6 Å². The number of hydrogen-bond donors (Lipinski definition) is 2. The van der Waals surface area contributed by atoms with Crippen molar-refractivity contribution in [3.63, 3.8) is 0 Å². The summed E-state index contributed by atoms with van der Waals surface area (Å²) in [5.41, 5.74) is 0.518. The molecular formula is C18H27N3O4S. The zero-order valence-corrected chi connectivity index (χ0v) is 16.1. The van der Waals surface area contributed by atoms with Gasteiger partial charge in [-0.2, -0.15) is 4.31 Å². The van der Waals surface area contributed by atoms with Crippen LogP contribution in [0.2, 0.25) is 0 Å². The number of nitrogens with one attached hydrogen (secondary N) is 2. The van der Waals surface area contributed by atoms with Gasteiger partial charge in [0.1, 0.15) is 0 Å². The molecule has 0 aliphatic heterocycles. The van der Waals surface area contributed by atoms with E-state index >= 15 is 0 Å². The number of nitrogens with zero attached hydrogens (tertiary/aromatic N) is 1. The second-order valence-corrected chi connectivity index (χ2v) is 8.82. The Morgan fingerprint density at radius 2 is 1.73 bits per heavy atom. The normalized spacial score (nSPS) is 15.7. The summed E-state index contributed by atoms with van der Waals surface area (Å²) in [6.45, 7) is 1.77. The Morgan fingerprint density at radius 1 is 1.12 bits per heavy atom. The van der Waals surface area contributed by atoms with Gasteiger partial charge in [0.05, 0.1) is 11.4 Å². The van der Waals surface area contributed by atoms with E-state index in [9.17, 15) is 18.0 Å². The second kappa shape index (κ2) is 9.14. The van der Waals surface area contributed by atoms with Gasteiger partial charge in [0.15, 0.2) is 0 Å². The minimum atomic E-state index is -3.76. The lowest BCUT2D eigenvalue weighted by Gasteiger charge is -2.22. The molecule has 0 unspecified atom stereocenters. The highest BCUT2D eigenvalue weighted by Gasteiger charge is 2.23. The quantitative estimate of drug-likeness (QED) is 0.755. The van der Waals surface area contributed by atoms with Crippen LogP contribution in [0.3, 0.4) is 0 Å². The number of anilines is 1. The molecule has 0 saturated heterocycles. The van der Waals surface area contributed by atoms with Crippen LogP contribution < -0.4 is 10.6 Å². The molecule has 8 heteroatoms. The van der Waals surface area contributed by atoms with Crippen LogP contribution in [0.25, 0.3) is 0 Å². The third-order valence-electron chi connectivity index (χ3n) is 4.56. The lowest BCUT2D eigenvalue weighted by Crippen LogP contribution is -2.40. The number of amides is 2. The first-order valence-corrected chi connectivity index (χ1v) is 10.3. The Kier molecular flexibility index (Phi) is 7.16. The molecule has 1 aliphatic rings. The molecule has 0 heterocycles. The number of rotatable bonds is 7. The van der Waals surface area contributed by atoms with Gasteiger partial charge in [0.2, 0.25) is 21.8 Å². The molecule has 2 amide bonds. The highest BCUT2D eigenvalue weighted by Crippen LogP contribution is 2.22. The SMILES string of the molecule is CC(=O)Nc1ccc(S(=O)(=O)N(C)CC(=O)NCC2CCCCC2)cc1. The standard InChI is InChI=1S/C18H27N3O4S/c1-14(22)20-16-8-10-17(11-9-16)26(24,25)21(2)13-18(23)19-12-15-6-4-3-5-7-15/h8-11,15H,3-7,12-13H2,1-2H3,(H,19,23)(H,20,22). The van der Waals surface area contributed by atoms with Crippen molar-refractivity contribution in [1.29, 1.82) is 0 Å². The van der Waals surface area contributed by atoms with Crippen molar-refractivity contribution in [2.75, 3.05) is 25.5 Å². The van der Waals surface area contributed by atoms with Gasteiger partial charge in [-0.05, 0) is 43.0 Å². The molecule has 0 spiro atoms. The first-order valence-electron chi connectivity index (χ1n) is 8.89. The number of carbonyl (C=O) groups excluding carboxylic acids is 2. The zero-order chi connectivity index (χ0) is 19.2. The van der Waals surface area contributed by atoms with E-state index in [0.29, 0.717) is 18.2 Å². The second-order valence-electron chi connectivity index (χ2n) is 6.77. The third-order valence-corrected chi connectivity index (χ3v) is 6.38. The number of hydrogen-bond acceptors (Lipinski definition) is 4. The summed E-state index contributed by atoms with van der Waals surface area (Å²) in [6.07, 6.45) is 5.89. The number of carbonyl (C=O) groups is 2. The van der Waals surface area contributed by atoms with Crippen molar-refractivity contribution in [1.82, 2.24) is 9.62 Å². The van der Waals surface area contributed by atoms with Crippen LogP contribution in [0.5, 0.6) is 0 Å². The molecule has 144 valence electrons. The molecule has 0 aromatic heterocycles. The van der Waals surface area contributed by atoms with Crippen LogP contribution in [0.15, 0.2) is 29.2 Å². The summed E-state index contributed by atoms with van der Waals surface area (Å²) in [5, 5.41) is 5.43. The van der Waals surface area contributed by atoms with Crippen LogP contribution in [0.1, 0.15) is 39.0 Å². The van der Waals surface area contributed by atoms with E-state index < -0.39 is 10.0 Å². The fourth-order valence-corrected chi connectivity index (χ4v) is 4.21. The smallest absolute Gasteiger partial charge is 0.243 e. The van der Waals surface area contributed by atoms with Gasteiger partial charge in [0, 0.05) is 26.2 Å². The maximum atomic E-state index is 12.6. The van der Waals surface area contributed by atoms with Crippen molar-refractivity contribution in [3.8, 4) is 0 Å². The lowest BCUT2D eigenvalue weighted by molar-refractivity contribution is -0.121. The lowest BCUT2D eigenvalue weighted by atomic mass is 9.89. The van der Waals surface area contributed by atoms with Gasteiger partial charge in [0.25, 0.3) is 0 Å². The average molecular weight is 381 g/mol. The van der Waals surface area contributed by atoms with Gasteiger partial charge >= 0.3 is 0 Å². The molecule has 1 fully saturated rings. The van der Waals surface area contributed by atoms with Crippen LogP contribution >= 0.6 is 0 Å². The van der Waals surface area contributed by atoms with Crippen molar-refractivity contribution in [3.05, 3.63) is 24.3 Å². The topological polar surface area (TPSA) is 95.6 Å². The van der Waals surface area contributed by atoms with E-state index in [-0.39, 0.29) is 23.3 Å². The highest BCUT2D eigenvalue weighted by molar-refractivity contribution is 7.89. The summed E-state index contributed by atoms with van der Waals surface area (Å²) in [5.74, 6) is -0.0280. The summed E-state index contributed by atoms with van der Waals surface area (Å²) in [4.78, 5) is 23.2. The van der Waals surface area contributed by atoms with E-state index in [1.54, 1.807) is 0 Å². The monoisotopic (exact) mass is 381 g/mol. The van der Waals surface area contributed by atoms with E-state index in [1.165, 1.54) is 57.5 Å². The van der Waals surface area contributed by atoms with E-state index in [4.69, 9.17) is 0 Å². The molecule has 0 bridgehead atoms. The molecule has 0 radical (unpaired) electrons.